The first-order valence-electron chi connectivity index (χ1n) is 6.95. The van der Waals surface area contributed by atoms with Crippen LogP contribution in [-0.4, -0.2) is 25.0 Å². The Morgan fingerprint density at radius 3 is 1.86 bits per heavy atom. The zero-order valence-corrected chi connectivity index (χ0v) is 13.2. The van der Waals surface area contributed by atoms with E-state index in [1.165, 1.54) is 11.4 Å². The Labute approximate surface area is 127 Å². The molecule has 0 aromatic heterocycles. The summed E-state index contributed by atoms with van der Waals surface area (Å²) in [5.41, 5.74) is 2.47. The first-order chi connectivity index (χ1) is 10.2. The fourth-order valence-corrected chi connectivity index (χ4v) is 4.63. The molecule has 0 bridgehead atoms. The van der Waals surface area contributed by atoms with E-state index in [2.05, 4.69) is 85.6 Å². The highest BCUT2D eigenvalue weighted by atomic mass is 31.2. The molecular formula is C17H19N3P+. The normalized spacial score (nSPS) is 19.9. The van der Waals surface area contributed by atoms with E-state index in [0.717, 1.165) is 0 Å². The summed E-state index contributed by atoms with van der Waals surface area (Å²) < 4.78 is 7.64. The van der Waals surface area contributed by atoms with Crippen LogP contribution in [0.3, 0.4) is 0 Å². The summed E-state index contributed by atoms with van der Waals surface area (Å²) in [5.74, 6) is 0. The van der Waals surface area contributed by atoms with Gasteiger partial charge in [0.25, 0.3) is 0 Å². The molecule has 0 aliphatic carbocycles. The number of allylic oxidation sites excluding steroid dienone is 1. The van der Waals surface area contributed by atoms with Crippen molar-refractivity contribution in [3.63, 3.8) is 0 Å². The van der Waals surface area contributed by atoms with E-state index < -0.39 is 8.37 Å². The van der Waals surface area contributed by atoms with Gasteiger partial charge in [-0.3, -0.25) is 0 Å². The summed E-state index contributed by atoms with van der Waals surface area (Å²) in [5, 5.41) is 0. The molecule has 0 radical (unpaired) electrons. The first kappa shape index (κ1) is 14.2. The van der Waals surface area contributed by atoms with Crippen LogP contribution in [-0.2, 0) is 0 Å². The van der Waals surface area contributed by atoms with Crippen LogP contribution in [0.1, 0.15) is 0 Å². The van der Waals surface area contributed by atoms with E-state index in [1.807, 2.05) is 12.3 Å². The smallest absolute Gasteiger partial charge is 0.220 e. The van der Waals surface area contributed by atoms with Gasteiger partial charge in [-0.2, -0.15) is 9.02 Å². The number of quaternary nitrogens is 1. The van der Waals surface area contributed by atoms with Gasteiger partial charge in [0.15, 0.2) is 0 Å². The molecule has 1 unspecified atom stereocenters. The Kier molecular flexibility index (Phi) is 3.98. The molecule has 3 rings (SSSR count). The standard InChI is InChI=1S/C17H19N3P/c1-19(2)21-18-14-9-15-20(21,16-10-5-3-6-11-16)17-12-7-4-8-13-17/h3-15H,1-2H3/q+1. The third-order valence-corrected chi connectivity index (χ3v) is 5.71. The summed E-state index contributed by atoms with van der Waals surface area (Å²) in [6.07, 6.45) is 6.19. The zero-order chi connectivity index (χ0) is 14.7. The van der Waals surface area contributed by atoms with Crippen molar-refractivity contribution in [3.05, 3.63) is 72.9 Å². The molecule has 2 aromatic rings. The molecule has 0 N–H and O–H groups in total. The van der Waals surface area contributed by atoms with Crippen molar-refractivity contribution in [1.82, 2.24) is 8.92 Å². The molecule has 3 nitrogen and oxygen atoms in total. The number of hydrogen-bond donors (Lipinski definition) is 0. The van der Waals surface area contributed by atoms with Crippen molar-refractivity contribution < 1.29 is 0 Å². The van der Waals surface area contributed by atoms with Gasteiger partial charge in [0.2, 0.25) is 0 Å². The van der Waals surface area contributed by atoms with Crippen LogP contribution in [0.15, 0.2) is 77.7 Å². The van der Waals surface area contributed by atoms with Gasteiger partial charge in [0, 0.05) is 36.6 Å². The summed E-state index contributed by atoms with van der Waals surface area (Å²) in [4.78, 5) is 0. The molecule has 1 atom stereocenters. The molecule has 106 valence electrons. The minimum absolute atomic E-state index is 0.639. The van der Waals surface area contributed by atoms with Crippen LogP contribution >= 0.6 is 8.37 Å². The van der Waals surface area contributed by atoms with Crippen LogP contribution < -0.4 is 4.25 Å². The summed E-state index contributed by atoms with van der Waals surface area (Å²) in [6, 6.07) is 21.2. The van der Waals surface area contributed by atoms with Crippen LogP contribution in [0.5, 0.6) is 0 Å². The zero-order valence-electron chi connectivity index (χ0n) is 12.3. The SMILES string of the molecule is CN(C)P1N=CC=C[N+]1(c1ccccc1)c1ccccc1. The van der Waals surface area contributed by atoms with Crippen molar-refractivity contribution >= 4 is 26.0 Å². The van der Waals surface area contributed by atoms with Crippen molar-refractivity contribution in [2.45, 2.75) is 0 Å². The number of rotatable bonds is 3. The van der Waals surface area contributed by atoms with Crippen LogP contribution in [0.2, 0.25) is 0 Å². The summed E-state index contributed by atoms with van der Waals surface area (Å²) in [7, 11) is 3.42. The predicted octanol–water partition coefficient (Wildman–Crippen LogP) is 4.71. The van der Waals surface area contributed by atoms with E-state index in [0.29, 0.717) is 4.25 Å². The van der Waals surface area contributed by atoms with Gasteiger partial charge < -0.3 is 0 Å². The monoisotopic (exact) mass is 296 g/mol. The topological polar surface area (TPSA) is 15.6 Å². The average Bonchev–Trinajstić information content (AvgIpc) is 2.56. The van der Waals surface area contributed by atoms with Gasteiger partial charge in [-0.1, -0.05) is 36.4 Å². The second-order valence-electron chi connectivity index (χ2n) is 5.08. The lowest BCUT2D eigenvalue weighted by molar-refractivity contribution is 0.617. The van der Waals surface area contributed by atoms with Crippen molar-refractivity contribution in [3.8, 4) is 0 Å². The third kappa shape index (κ3) is 2.44. The highest BCUT2D eigenvalue weighted by molar-refractivity contribution is 7.54. The van der Waals surface area contributed by atoms with Gasteiger partial charge in [0.05, 0.1) is 0 Å². The maximum atomic E-state index is 4.79. The predicted molar refractivity (Wildman–Crippen MR) is 92.6 cm³/mol. The Bertz CT molecular complexity index is 611. The van der Waals surface area contributed by atoms with Gasteiger partial charge in [-0.25, -0.2) is 4.67 Å². The molecule has 1 aliphatic heterocycles. The van der Waals surface area contributed by atoms with E-state index >= 15 is 0 Å². The summed E-state index contributed by atoms with van der Waals surface area (Å²) in [6.45, 7) is 0. The van der Waals surface area contributed by atoms with Crippen molar-refractivity contribution in [1.29, 1.82) is 0 Å². The molecule has 2 aromatic carbocycles. The Morgan fingerprint density at radius 1 is 0.857 bits per heavy atom. The van der Waals surface area contributed by atoms with E-state index in [-0.39, 0.29) is 0 Å². The van der Waals surface area contributed by atoms with Gasteiger partial charge in [-0.05, 0) is 14.1 Å². The lowest BCUT2D eigenvalue weighted by Crippen LogP contribution is -2.37. The number of nitrogens with zero attached hydrogens (tertiary/aromatic N) is 3. The molecule has 21 heavy (non-hydrogen) atoms. The Balaban J connectivity index is 2.25. The van der Waals surface area contributed by atoms with E-state index in [9.17, 15) is 0 Å². The molecule has 1 heterocycles. The van der Waals surface area contributed by atoms with Crippen LogP contribution in [0.4, 0.5) is 11.4 Å². The van der Waals surface area contributed by atoms with Gasteiger partial charge >= 0.3 is 8.37 Å². The highest BCUT2D eigenvalue weighted by Gasteiger charge is 2.44. The molecule has 1 aliphatic rings. The molecule has 0 fully saturated rings. The molecule has 0 spiro atoms. The van der Waals surface area contributed by atoms with E-state index in [4.69, 9.17) is 4.76 Å². The first-order valence-corrected chi connectivity index (χ1v) is 8.15. The second-order valence-corrected chi connectivity index (χ2v) is 7.28. The van der Waals surface area contributed by atoms with Crippen molar-refractivity contribution in [2.24, 2.45) is 4.76 Å². The number of para-hydroxylation sites is 2. The van der Waals surface area contributed by atoms with Crippen LogP contribution in [0.25, 0.3) is 0 Å². The maximum Gasteiger partial charge on any atom is 0.335 e. The number of benzene rings is 2. The van der Waals surface area contributed by atoms with Crippen LogP contribution in [0, 0.1) is 0 Å². The lowest BCUT2D eigenvalue weighted by Gasteiger charge is -2.40. The highest BCUT2D eigenvalue weighted by Crippen LogP contribution is 2.60. The minimum atomic E-state index is -0.778. The largest absolute Gasteiger partial charge is 0.335 e. The molecule has 0 saturated carbocycles. The number of hydrogen-bond acceptors (Lipinski definition) is 2. The van der Waals surface area contributed by atoms with Crippen molar-refractivity contribution in [2.75, 3.05) is 14.1 Å². The maximum absolute atomic E-state index is 4.79. The minimum Gasteiger partial charge on any atom is -0.220 e. The fourth-order valence-electron chi connectivity index (χ4n) is 2.63. The Morgan fingerprint density at radius 2 is 1.38 bits per heavy atom. The quantitative estimate of drug-likeness (QED) is 0.749. The second kappa shape index (κ2) is 5.90. The molecular weight excluding hydrogens is 277 g/mol. The molecule has 0 amide bonds. The summed E-state index contributed by atoms with van der Waals surface area (Å²) >= 11 is 0. The molecule has 4 heteroatoms. The third-order valence-electron chi connectivity index (χ3n) is 3.50. The Hall–Kier alpha value is -1.80. The lowest BCUT2D eigenvalue weighted by atomic mass is 10.2. The average molecular weight is 296 g/mol. The van der Waals surface area contributed by atoms with Gasteiger partial charge in [0.1, 0.15) is 17.6 Å². The fraction of sp³-hybridized carbons (Fsp3) is 0.118. The van der Waals surface area contributed by atoms with Gasteiger partial charge in [-0.15, -0.1) is 0 Å². The van der Waals surface area contributed by atoms with E-state index in [1.54, 1.807) is 0 Å². The molecule has 0 saturated heterocycles.